The first-order valence-corrected chi connectivity index (χ1v) is 8.85. The molecule has 0 fully saturated rings. The summed E-state index contributed by atoms with van der Waals surface area (Å²) in [5.41, 5.74) is -4.48. The Kier molecular flexibility index (Phi) is 7.93. The fraction of sp³-hybridized carbons (Fsp3) is 0.188. The minimum Gasteiger partial charge on any atom is -0.741 e. The van der Waals surface area contributed by atoms with Gasteiger partial charge in [0.05, 0.1) is 26.0 Å². The number of anilines is 1. The molecule has 0 spiro atoms. The highest BCUT2D eigenvalue weighted by molar-refractivity contribution is 7.86. The highest BCUT2D eigenvalue weighted by Gasteiger charge is 2.36. The first-order valence-electron chi connectivity index (χ1n) is 7.44. The summed E-state index contributed by atoms with van der Waals surface area (Å²) in [6.07, 6.45) is 0. The molecule has 29 heavy (non-hydrogen) atoms. The highest BCUT2D eigenvalue weighted by atomic mass is 32.2. The monoisotopic (exact) mass is 433 g/mol. The fourth-order valence-corrected chi connectivity index (χ4v) is 1.84. The summed E-state index contributed by atoms with van der Waals surface area (Å²) in [5, 5.41) is 11.7. The minimum atomic E-state index is -6.09. The van der Waals surface area contributed by atoms with E-state index in [2.05, 4.69) is 10.3 Å². The second-order valence-electron chi connectivity index (χ2n) is 5.04. The maximum atomic E-state index is 12.2. The van der Waals surface area contributed by atoms with E-state index in [-0.39, 0.29) is 11.6 Å². The van der Waals surface area contributed by atoms with Gasteiger partial charge in [-0.05, 0) is 12.1 Å². The molecule has 2 aromatic rings. The molecule has 13 heteroatoms. The Morgan fingerprint density at radius 3 is 2.03 bits per heavy atom. The number of amides is 1. The van der Waals surface area contributed by atoms with Crippen molar-refractivity contribution in [3.63, 3.8) is 0 Å². The number of carbonyl (C=O) groups is 1. The Morgan fingerprint density at radius 2 is 1.62 bits per heavy atom. The number of diazo groups is 1. The Bertz CT molecular complexity index is 1010. The molecular formula is C16H14F3N3O6S. The SMILES string of the molecule is COc1cc(NC(=O)c2ccccc2)c(OC)cc1[N+]#N.O=S(=O)([O-])C(F)(F)F. The van der Waals surface area contributed by atoms with E-state index in [1.54, 1.807) is 24.3 Å². The van der Waals surface area contributed by atoms with Crippen LogP contribution in [-0.4, -0.2) is 38.6 Å². The van der Waals surface area contributed by atoms with Gasteiger partial charge >= 0.3 is 11.2 Å². The average molecular weight is 433 g/mol. The third-order valence-electron chi connectivity index (χ3n) is 3.18. The maximum Gasteiger partial charge on any atom is 0.485 e. The van der Waals surface area contributed by atoms with Gasteiger partial charge in [-0.1, -0.05) is 18.2 Å². The molecule has 1 amide bonds. The summed E-state index contributed by atoms with van der Waals surface area (Å²) in [7, 11) is -3.19. The first kappa shape index (κ1) is 23.7. The highest BCUT2D eigenvalue weighted by Crippen LogP contribution is 2.38. The van der Waals surface area contributed by atoms with E-state index in [0.717, 1.165) is 0 Å². The van der Waals surface area contributed by atoms with Crippen molar-refractivity contribution in [2.75, 3.05) is 19.5 Å². The number of carbonyl (C=O) groups excluding carboxylic acids is 1. The van der Waals surface area contributed by atoms with Gasteiger partial charge in [-0.25, -0.2) is 8.42 Å². The Hall–Kier alpha value is -3.37. The predicted molar refractivity (Wildman–Crippen MR) is 94.4 cm³/mol. The van der Waals surface area contributed by atoms with Crippen LogP contribution in [0.15, 0.2) is 42.5 Å². The molecule has 0 saturated carbocycles. The molecule has 0 atom stereocenters. The van der Waals surface area contributed by atoms with Crippen LogP contribution >= 0.6 is 0 Å². The van der Waals surface area contributed by atoms with Crippen LogP contribution in [0.4, 0.5) is 24.5 Å². The summed E-state index contributed by atoms with van der Waals surface area (Å²) in [6, 6.07) is 11.8. The second-order valence-corrected chi connectivity index (χ2v) is 6.42. The van der Waals surface area contributed by atoms with Crippen LogP contribution in [0, 0.1) is 5.39 Å². The normalized spacial score (nSPS) is 10.8. The average Bonchev–Trinajstić information content (AvgIpc) is 2.67. The Balaban J connectivity index is 0.000000447. The van der Waals surface area contributed by atoms with Crippen molar-refractivity contribution in [1.82, 2.24) is 0 Å². The van der Waals surface area contributed by atoms with Gasteiger partial charge in [0.1, 0.15) is 0 Å². The summed E-state index contributed by atoms with van der Waals surface area (Å²) in [6.45, 7) is 0. The molecule has 0 bridgehead atoms. The third-order valence-corrected chi connectivity index (χ3v) is 3.74. The number of rotatable bonds is 4. The Morgan fingerprint density at radius 1 is 1.10 bits per heavy atom. The standard InChI is InChI=1S/C15H13N3O3.CHF3O3S/c1-20-13-9-12(18-16)14(21-2)8-11(13)17-15(19)10-6-4-3-5-7-10;2-1(3,4)8(5,6)7/h3-9H,1-2H3;(H,5,6,7). The number of nitrogens with zero attached hydrogens (tertiary/aromatic N) is 2. The molecule has 0 aliphatic rings. The number of nitrogens with one attached hydrogen (secondary N) is 1. The molecule has 0 aliphatic carbocycles. The van der Waals surface area contributed by atoms with Crippen molar-refractivity contribution in [2.45, 2.75) is 5.51 Å². The maximum absolute atomic E-state index is 12.2. The van der Waals surface area contributed by atoms with Gasteiger partial charge in [0.15, 0.2) is 20.8 Å². The summed E-state index contributed by atoms with van der Waals surface area (Å²) < 4.78 is 69.2. The van der Waals surface area contributed by atoms with Crippen LogP contribution in [0.25, 0.3) is 4.98 Å². The Labute approximate surface area is 163 Å². The van der Waals surface area contributed by atoms with Crippen molar-refractivity contribution >= 4 is 27.4 Å². The van der Waals surface area contributed by atoms with Crippen molar-refractivity contribution in [1.29, 1.82) is 5.39 Å². The van der Waals surface area contributed by atoms with Crippen molar-refractivity contribution < 1.29 is 40.4 Å². The van der Waals surface area contributed by atoms with Gasteiger partial charge in [-0.15, -0.1) is 0 Å². The van der Waals surface area contributed by atoms with E-state index >= 15 is 0 Å². The zero-order valence-electron chi connectivity index (χ0n) is 14.9. The lowest BCUT2D eigenvalue weighted by atomic mass is 10.2. The van der Waals surface area contributed by atoms with Crippen molar-refractivity contribution in [3.05, 3.63) is 53.0 Å². The molecule has 0 radical (unpaired) electrons. The molecule has 0 aromatic heterocycles. The number of halogens is 3. The number of ether oxygens (including phenoxy) is 2. The summed E-state index contributed by atoms with van der Waals surface area (Å²) >= 11 is 0. The number of hydrogen-bond acceptors (Lipinski definition) is 7. The second kappa shape index (κ2) is 9.71. The summed E-state index contributed by atoms with van der Waals surface area (Å²) in [4.78, 5) is 15.3. The third kappa shape index (κ3) is 6.63. The predicted octanol–water partition coefficient (Wildman–Crippen LogP) is 3.49. The molecule has 0 unspecified atom stereocenters. The van der Waals surface area contributed by atoms with Crippen LogP contribution in [0.2, 0.25) is 0 Å². The van der Waals surface area contributed by atoms with E-state index in [1.165, 1.54) is 26.4 Å². The van der Waals surface area contributed by atoms with E-state index in [9.17, 15) is 18.0 Å². The minimum absolute atomic E-state index is 0.215. The molecule has 9 nitrogen and oxygen atoms in total. The van der Waals surface area contributed by atoms with Gasteiger partial charge in [0.25, 0.3) is 5.91 Å². The number of alkyl halides is 3. The lowest BCUT2D eigenvalue weighted by Gasteiger charge is -2.10. The van der Waals surface area contributed by atoms with E-state index < -0.39 is 15.6 Å². The van der Waals surface area contributed by atoms with Crippen LogP contribution in [0.1, 0.15) is 10.4 Å². The number of benzene rings is 2. The first-order chi connectivity index (χ1) is 13.4. The molecule has 0 saturated heterocycles. The van der Waals surface area contributed by atoms with E-state index in [4.69, 9.17) is 27.8 Å². The van der Waals surface area contributed by atoms with Crippen LogP contribution in [0.5, 0.6) is 11.5 Å². The lowest BCUT2D eigenvalue weighted by Crippen LogP contribution is -2.21. The largest absolute Gasteiger partial charge is 0.741 e. The lowest BCUT2D eigenvalue weighted by molar-refractivity contribution is -0.0517. The van der Waals surface area contributed by atoms with Gasteiger partial charge < -0.3 is 19.3 Å². The van der Waals surface area contributed by atoms with E-state index in [1.807, 2.05) is 6.07 Å². The van der Waals surface area contributed by atoms with Crippen LogP contribution in [-0.2, 0) is 10.1 Å². The molecule has 156 valence electrons. The smallest absolute Gasteiger partial charge is 0.485 e. The van der Waals surface area contributed by atoms with Crippen LogP contribution in [0.3, 0.4) is 0 Å². The molecule has 2 rings (SSSR count). The van der Waals surface area contributed by atoms with Crippen molar-refractivity contribution in [2.24, 2.45) is 0 Å². The molecule has 0 aliphatic heterocycles. The number of hydrogen-bond donors (Lipinski definition) is 1. The van der Waals surface area contributed by atoms with Gasteiger partial charge in [0, 0.05) is 11.6 Å². The molecular weight excluding hydrogens is 419 g/mol. The zero-order valence-corrected chi connectivity index (χ0v) is 15.7. The zero-order chi connectivity index (χ0) is 22.2. The fourth-order valence-electron chi connectivity index (χ4n) is 1.84. The van der Waals surface area contributed by atoms with Gasteiger partial charge in [-0.2, -0.15) is 13.2 Å². The quantitative estimate of drug-likeness (QED) is 0.443. The van der Waals surface area contributed by atoms with Crippen LogP contribution < -0.4 is 14.8 Å². The number of methoxy groups -OCH3 is 2. The summed E-state index contributed by atoms with van der Waals surface area (Å²) in [5.74, 6) is 0.416. The van der Waals surface area contributed by atoms with Crippen molar-refractivity contribution in [3.8, 4) is 11.5 Å². The molecule has 1 N–H and O–H groups in total. The van der Waals surface area contributed by atoms with Gasteiger partial charge in [0.2, 0.25) is 11.1 Å². The van der Waals surface area contributed by atoms with E-state index in [0.29, 0.717) is 22.7 Å². The molecule has 0 heterocycles. The van der Waals surface area contributed by atoms with Gasteiger partial charge in [-0.3, -0.25) is 4.79 Å². The topological polar surface area (TPSA) is 133 Å². The molecule has 2 aromatic carbocycles.